The standard InChI is InChI=1S/C13H18N6O/c14-11(20)12-15-8-10-13(17-12)19(9-16-10)7-6-18-4-2-1-3-5-18/h8-9H,1-7H2,(H2,14,20). The molecule has 1 amide bonds. The Labute approximate surface area is 116 Å². The van der Waals surface area contributed by atoms with Gasteiger partial charge in [-0.2, -0.15) is 0 Å². The summed E-state index contributed by atoms with van der Waals surface area (Å²) in [7, 11) is 0. The van der Waals surface area contributed by atoms with Gasteiger partial charge in [-0.25, -0.2) is 15.0 Å². The quantitative estimate of drug-likeness (QED) is 0.872. The Hall–Kier alpha value is -2.02. The molecule has 2 N–H and O–H groups in total. The van der Waals surface area contributed by atoms with Crippen LogP contribution in [-0.2, 0) is 6.54 Å². The van der Waals surface area contributed by atoms with Crippen molar-refractivity contribution in [1.29, 1.82) is 0 Å². The van der Waals surface area contributed by atoms with Crippen LogP contribution in [0.4, 0.5) is 0 Å². The largest absolute Gasteiger partial charge is 0.363 e. The number of hydrogen-bond acceptors (Lipinski definition) is 5. The molecule has 0 radical (unpaired) electrons. The van der Waals surface area contributed by atoms with E-state index in [-0.39, 0.29) is 5.82 Å². The fraction of sp³-hybridized carbons (Fsp3) is 0.538. The highest BCUT2D eigenvalue weighted by Gasteiger charge is 2.12. The summed E-state index contributed by atoms with van der Waals surface area (Å²) in [5, 5.41) is 0. The van der Waals surface area contributed by atoms with Crippen LogP contribution in [0.2, 0.25) is 0 Å². The summed E-state index contributed by atoms with van der Waals surface area (Å²) in [6, 6.07) is 0. The summed E-state index contributed by atoms with van der Waals surface area (Å²) in [6.45, 7) is 4.11. The Morgan fingerprint density at radius 1 is 1.20 bits per heavy atom. The fourth-order valence-electron chi connectivity index (χ4n) is 2.57. The smallest absolute Gasteiger partial charge is 0.286 e. The van der Waals surface area contributed by atoms with Crippen molar-refractivity contribution in [3.8, 4) is 0 Å². The van der Waals surface area contributed by atoms with E-state index in [2.05, 4.69) is 19.9 Å². The number of fused-ring (bicyclic) bond motifs is 1. The molecule has 1 aliphatic rings. The molecular weight excluding hydrogens is 256 g/mol. The summed E-state index contributed by atoms with van der Waals surface area (Å²) < 4.78 is 1.96. The minimum Gasteiger partial charge on any atom is -0.363 e. The highest BCUT2D eigenvalue weighted by Crippen LogP contribution is 2.11. The van der Waals surface area contributed by atoms with E-state index in [4.69, 9.17) is 5.73 Å². The second kappa shape index (κ2) is 5.54. The molecule has 106 valence electrons. The highest BCUT2D eigenvalue weighted by atomic mass is 16.1. The lowest BCUT2D eigenvalue weighted by molar-refractivity contribution is 0.0990. The summed E-state index contributed by atoms with van der Waals surface area (Å²) in [6.07, 6.45) is 7.17. The highest BCUT2D eigenvalue weighted by molar-refractivity contribution is 5.90. The molecule has 1 aliphatic heterocycles. The minimum atomic E-state index is -0.615. The van der Waals surface area contributed by atoms with Crippen LogP contribution < -0.4 is 5.73 Å². The number of rotatable bonds is 4. The molecule has 3 heterocycles. The molecule has 2 aromatic rings. The molecule has 1 fully saturated rings. The van der Waals surface area contributed by atoms with Crippen LogP contribution >= 0.6 is 0 Å². The Bertz CT molecular complexity index is 616. The molecule has 0 saturated carbocycles. The lowest BCUT2D eigenvalue weighted by atomic mass is 10.1. The van der Waals surface area contributed by atoms with Crippen molar-refractivity contribution in [3.63, 3.8) is 0 Å². The molecule has 2 aromatic heterocycles. The van der Waals surface area contributed by atoms with E-state index in [0.717, 1.165) is 26.2 Å². The van der Waals surface area contributed by atoms with E-state index < -0.39 is 5.91 Å². The number of likely N-dealkylation sites (tertiary alicyclic amines) is 1. The van der Waals surface area contributed by atoms with Gasteiger partial charge < -0.3 is 15.2 Å². The zero-order valence-corrected chi connectivity index (χ0v) is 11.3. The second-order valence-electron chi connectivity index (χ2n) is 5.11. The fourth-order valence-corrected chi connectivity index (χ4v) is 2.57. The molecule has 7 nitrogen and oxygen atoms in total. The maximum Gasteiger partial charge on any atom is 0.286 e. The van der Waals surface area contributed by atoms with Crippen molar-refractivity contribution in [2.45, 2.75) is 25.8 Å². The number of carbonyl (C=O) groups excluding carboxylic acids is 1. The topological polar surface area (TPSA) is 89.9 Å². The number of nitrogens with two attached hydrogens (primary N) is 1. The SMILES string of the molecule is NC(=O)c1ncc2ncn(CCN3CCCCC3)c2n1. The van der Waals surface area contributed by atoms with Gasteiger partial charge in [0.25, 0.3) is 5.91 Å². The van der Waals surface area contributed by atoms with Gasteiger partial charge in [-0.05, 0) is 25.9 Å². The first kappa shape index (κ1) is 13.0. The van der Waals surface area contributed by atoms with Gasteiger partial charge in [-0.3, -0.25) is 4.79 Å². The molecule has 7 heteroatoms. The van der Waals surface area contributed by atoms with E-state index in [0.29, 0.717) is 11.2 Å². The van der Waals surface area contributed by atoms with E-state index in [9.17, 15) is 4.79 Å². The number of imidazole rings is 1. The number of primary amides is 1. The average Bonchev–Trinajstić information content (AvgIpc) is 2.88. The van der Waals surface area contributed by atoms with Crippen molar-refractivity contribution < 1.29 is 4.79 Å². The van der Waals surface area contributed by atoms with Crippen molar-refractivity contribution in [2.75, 3.05) is 19.6 Å². The third-order valence-electron chi connectivity index (χ3n) is 3.68. The van der Waals surface area contributed by atoms with Gasteiger partial charge in [-0.1, -0.05) is 6.42 Å². The van der Waals surface area contributed by atoms with Gasteiger partial charge >= 0.3 is 0 Å². The van der Waals surface area contributed by atoms with Gasteiger partial charge in [0.2, 0.25) is 5.82 Å². The second-order valence-corrected chi connectivity index (χ2v) is 5.11. The van der Waals surface area contributed by atoms with Crippen LogP contribution in [0, 0.1) is 0 Å². The van der Waals surface area contributed by atoms with Crippen molar-refractivity contribution >= 4 is 17.1 Å². The molecule has 1 saturated heterocycles. The average molecular weight is 274 g/mol. The van der Waals surface area contributed by atoms with Gasteiger partial charge in [0.1, 0.15) is 5.52 Å². The van der Waals surface area contributed by atoms with Crippen LogP contribution in [0.5, 0.6) is 0 Å². The summed E-state index contributed by atoms with van der Waals surface area (Å²) in [5.74, 6) is -0.576. The lowest BCUT2D eigenvalue weighted by Crippen LogP contribution is -2.32. The van der Waals surface area contributed by atoms with Crippen molar-refractivity contribution in [2.24, 2.45) is 5.73 Å². The van der Waals surface area contributed by atoms with Gasteiger partial charge in [0.05, 0.1) is 12.5 Å². The molecule has 0 bridgehead atoms. The summed E-state index contributed by atoms with van der Waals surface area (Å²) >= 11 is 0. The Morgan fingerprint density at radius 3 is 2.75 bits per heavy atom. The summed E-state index contributed by atoms with van der Waals surface area (Å²) in [5.41, 5.74) is 6.57. The molecule has 0 aromatic carbocycles. The Morgan fingerprint density at radius 2 is 2.00 bits per heavy atom. The zero-order valence-electron chi connectivity index (χ0n) is 11.3. The van der Waals surface area contributed by atoms with E-state index >= 15 is 0 Å². The number of nitrogens with zero attached hydrogens (tertiary/aromatic N) is 5. The number of carbonyl (C=O) groups is 1. The number of aromatic nitrogens is 4. The lowest BCUT2D eigenvalue weighted by Gasteiger charge is -2.26. The predicted molar refractivity (Wildman–Crippen MR) is 74.1 cm³/mol. The monoisotopic (exact) mass is 274 g/mol. The van der Waals surface area contributed by atoms with E-state index in [1.165, 1.54) is 19.3 Å². The van der Waals surface area contributed by atoms with E-state index in [1.807, 2.05) is 4.57 Å². The van der Waals surface area contributed by atoms with Gasteiger partial charge in [0.15, 0.2) is 5.65 Å². The molecule has 0 atom stereocenters. The number of hydrogen-bond donors (Lipinski definition) is 1. The van der Waals surface area contributed by atoms with Crippen LogP contribution in [-0.4, -0.2) is 50.0 Å². The molecule has 20 heavy (non-hydrogen) atoms. The van der Waals surface area contributed by atoms with E-state index in [1.54, 1.807) is 12.5 Å². The molecular formula is C13H18N6O. The van der Waals surface area contributed by atoms with Crippen LogP contribution in [0.3, 0.4) is 0 Å². The zero-order chi connectivity index (χ0) is 13.9. The van der Waals surface area contributed by atoms with Crippen LogP contribution in [0.1, 0.15) is 29.9 Å². The first-order chi connectivity index (χ1) is 9.74. The van der Waals surface area contributed by atoms with Gasteiger partial charge in [-0.15, -0.1) is 0 Å². The third-order valence-corrected chi connectivity index (χ3v) is 3.68. The first-order valence-corrected chi connectivity index (χ1v) is 6.94. The molecule has 0 spiro atoms. The first-order valence-electron chi connectivity index (χ1n) is 6.94. The molecule has 0 unspecified atom stereocenters. The third kappa shape index (κ3) is 2.62. The Kier molecular flexibility index (Phi) is 3.60. The summed E-state index contributed by atoms with van der Waals surface area (Å²) in [4.78, 5) is 25.9. The minimum absolute atomic E-state index is 0.0391. The number of piperidine rings is 1. The Balaban J connectivity index is 1.76. The van der Waals surface area contributed by atoms with Crippen LogP contribution in [0.25, 0.3) is 11.2 Å². The normalized spacial score (nSPS) is 16.6. The maximum atomic E-state index is 11.1. The van der Waals surface area contributed by atoms with Crippen molar-refractivity contribution in [3.05, 3.63) is 18.3 Å². The van der Waals surface area contributed by atoms with Gasteiger partial charge in [0, 0.05) is 13.1 Å². The molecule has 0 aliphatic carbocycles. The van der Waals surface area contributed by atoms with Crippen molar-refractivity contribution in [1.82, 2.24) is 24.4 Å². The molecule has 3 rings (SSSR count). The number of amides is 1. The van der Waals surface area contributed by atoms with Crippen LogP contribution in [0.15, 0.2) is 12.5 Å². The maximum absolute atomic E-state index is 11.1. The predicted octanol–water partition coefficient (Wildman–Crippen LogP) is 0.411.